The molecule has 2 heterocycles. The molecule has 1 amide bonds. The first-order valence-corrected chi connectivity index (χ1v) is 9.40. The largest absolute Gasteiger partial charge is 0.490 e. The highest BCUT2D eigenvalue weighted by molar-refractivity contribution is 5.93. The van der Waals surface area contributed by atoms with Crippen molar-refractivity contribution in [2.45, 2.75) is 32.9 Å². The van der Waals surface area contributed by atoms with E-state index in [1.165, 1.54) is 12.1 Å². The molecule has 3 N–H and O–H groups in total. The van der Waals surface area contributed by atoms with Crippen LogP contribution in [-0.2, 0) is 4.79 Å². The number of carboxylic acids is 1. The monoisotopic (exact) mass is 445 g/mol. The smallest absolute Gasteiger partial charge is 0.475 e. The molecule has 0 atom stereocenters. The van der Waals surface area contributed by atoms with Crippen molar-refractivity contribution >= 4 is 11.9 Å². The van der Waals surface area contributed by atoms with E-state index in [0.717, 1.165) is 25.9 Å². The first-order valence-electron chi connectivity index (χ1n) is 9.40. The number of amides is 1. The highest BCUT2D eigenvalue weighted by atomic mass is 19.4. The summed E-state index contributed by atoms with van der Waals surface area (Å²) in [5.74, 6) is -3.29. The average molecular weight is 445 g/mol. The molecule has 8 nitrogen and oxygen atoms in total. The van der Waals surface area contributed by atoms with Crippen LogP contribution in [-0.4, -0.2) is 57.8 Å². The molecule has 170 valence electrons. The maximum atomic E-state index is 13.0. The topological polar surface area (TPSA) is 109 Å². The Labute approximate surface area is 175 Å². The first-order chi connectivity index (χ1) is 14.4. The summed E-state index contributed by atoms with van der Waals surface area (Å²) in [4.78, 5) is 21.3. The third kappa shape index (κ3) is 6.74. The zero-order valence-electron chi connectivity index (χ0n) is 17.0. The maximum absolute atomic E-state index is 13.0. The van der Waals surface area contributed by atoms with Crippen LogP contribution in [0.3, 0.4) is 0 Å². The lowest BCUT2D eigenvalue weighted by Gasteiger charge is -2.34. The van der Waals surface area contributed by atoms with Gasteiger partial charge in [0.15, 0.2) is 5.69 Å². The zero-order valence-corrected chi connectivity index (χ0v) is 17.0. The number of piperidine rings is 1. The van der Waals surface area contributed by atoms with Crippen molar-refractivity contribution in [1.82, 2.24) is 25.6 Å². The predicted molar refractivity (Wildman–Crippen MR) is 102 cm³/mol. The number of rotatable bonds is 4. The second-order valence-electron chi connectivity index (χ2n) is 7.46. The average Bonchev–Trinajstić information content (AvgIpc) is 3.09. The number of hydrogen-bond donors (Lipinski definition) is 3. The van der Waals surface area contributed by atoms with Crippen LogP contribution >= 0.6 is 0 Å². The Balaban J connectivity index is 0.000000423. The van der Waals surface area contributed by atoms with Gasteiger partial charge in [0.05, 0.1) is 11.4 Å². The summed E-state index contributed by atoms with van der Waals surface area (Å²) in [7, 11) is 0. The van der Waals surface area contributed by atoms with Crippen molar-refractivity contribution < 1.29 is 32.3 Å². The minimum Gasteiger partial charge on any atom is -0.475 e. The lowest BCUT2D eigenvalue weighted by molar-refractivity contribution is -0.192. The van der Waals surface area contributed by atoms with Crippen LogP contribution < -0.4 is 10.6 Å². The third-order valence-corrected chi connectivity index (χ3v) is 4.91. The Morgan fingerprint density at radius 3 is 2.29 bits per heavy atom. The van der Waals surface area contributed by atoms with Crippen molar-refractivity contribution in [3.63, 3.8) is 0 Å². The number of aliphatic carboxylic acids is 1. The SMILES string of the molecule is Cc1c(C(=O)NCC2(C)CCNCC2)nnn1-c1ccc(F)cc1.O=C(O)C(F)(F)F. The van der Waals surface area contributed by atoms with Gasteiger partial charge < -0.3 is 15.7 Å². The molecule has 1 aliphatic heterocycles. The van der Waals surface area contributed by atoms with Gasteiger partial charge >= 0.3 is 12.1 Å². The zero-order chi connectivity index (χ0) is 23.2. The normalized spacial score (nSPS) is 15.5. The first kappa shape index (κ1) is 24.3. The van der Waals surface area contributed by atoms with Crippen LogP contribution in [0.25, 0.3) is 5.69 Å². The molecule has 0 unspecified atom stereocenters. The molecule has 31 heavy (non-hydrogen) atoms. The van der Waals surface area contributed by atoms with Gasteiger partial charge in [-0.1, -0.05) is 12.1 Å². The van der Waals surface area contributed by atoms with Gasteiger partial charge in [0.2, 0.25) is 0 Å². The van der Waals surface area contributed by atoms with Gasteiger partial charge in [-0.2, -0.15) is 13.2 Å². The molecule has 1 aromatic heterocycles. The van der Waals surface area contributed by atoms with Crippen LogP contribution in [0.1, 0.15) is 35.9 Å². The van der Waals surface area contributed by atoms with Crippen LogP contribution in [0, 0.1) is 18.2 Å². The van der Waals surface area contributed by atoms with Crippen LogP contribution in [0.2, 0.25) is 0 Å². The molecule has 1 fully saturated rings. The minimum absolute atomic E-state index is 0.113. The quantitative estimate of drug-likeness (QED) is 0.624. The van der Waals surface area contributed by atoms with Gasteiger partial charge in [0, 0.05) is 6.54 Å². The number of benzene rings is 1. The Hall–Kier alpha value is -3.02. The van der Waals surface area contributed by atoms with Gasteiger partial charge in [-0.3, -0.25) is 4.79 Å². The Morgan fingerprint density at radius 2 is 1.77 bits per heavy atom. The molecule has 1 aliphatic rings. The lowest BCUT2D eigenvalue weighted by atomic mass is 9.81. The van der Waals surface area contributed by atoms with Crippen molar-refractivity contribution in [2.75, 3.05) is 19.6 Å². The number of hydrogen-bond acceptors (Lipinski definition) is 5. The summed E-state index contributed by atoms with van der Waals surface area (Å²) < 4.78 is 46.3. The molecule has 2 aromatic rings. The van der Waals surface area contributed by atoms with Crippen molar-refractivity contribution in [3.05, 3.63) is 41.5 Å². The molecule has 0 saturated carbocycles. The Kier molecular flexibility index (Phi) is 7.71. The van der Waals surface area contributed by atoms with E-state index >= 15 is 0 Å². The van der Waals surface area contributed by atoms with E-state index in [4.69, 9.17) is 9.90 Å². The van der Waals surface area contributed by atoms with E-state index < -0.39 is 12.1 Å². The fourth-order valence-electron chi connectivity index (χ4n) is 2.95. The summed E-state index contributed by atoms with van der Waals surface area (Å²) in [6, 6.07) is 5.92. The van der Waals surface area contributed by atoms with Crippen LogP contribution in [0.15, 0.2) is 24.3 Å². The standard InChI is InChI=1S/C17H22FN5O.C2HF3O2/c1-12-15(16(24)20-11-17(2)7-9-19-10-8-17)21-22-23(12)14-5-3-13(18)4-6-14;3-2(4,5)1(6)7/h3-6,19H,7-11H2,1-2H3,(H,20,24);(H,6,7). The number of nitrogens with zero attached hydrogens (tertiary/aromatic N) is 3. The van der Waals surface area contributed by atoms with E-state index in [9.17, 15) is 22.4 Å². The fraction of sp³-hybridized carbons (Fsp3) is 0.474. The van der Waals surface area contributed by atoms with Gasteiger partial charge in [0.1, 0.15) is 5.82 Å². The molecule has 0 radical (unpaired) electrons. The number of aromatic nitrogens is 3. The number of alkyl halides is 3. The molecule has 0 aliphatic carbocycles. The van der Waals surface area contributed by atoms with Gasteiger partial charge in [-0.05, 0) is 62.5 Å². The van der Waals surface area contributed by atoms with Crippen molar-refractivity contribution in [3.8, 4) is 5.69 Å². The van der Waals surface area contributed by atoms with Crippen LogP contribution in [0.4, 0.5) is 17.6 Å². The lowest BCUT2D eigenvalue weighted by Crippen LogP contribution is -2.43. The minimum atomic E-state index is -5.08. The summed E-state index contributed by atoms with van der Waals surface area (Å²) in [5.41, 5.74) is 1.72. The molecule has 0 bridgehead atoms. The second-order valence-corrected chi connectivity index (χ2v) is 7.46. The molecular weight excluding hydrogens is 422 g/mol. The van der Waals surface area contributed by atoms with Gasteiger partial charge in [-0.25, -0.2) is 13.9 Å². The molecule has 12 heteroatoms. The Morgan fingerprint density at radius 1 is 1.23 bits per heavy atom. The van der Waals surface area contributed by atoms with E-state index in [2.05, 4.69) is 27.9 Å². The number of carbonyl (C=O) groups is 2. The van der Waals surface area contributed by atoms with Gasteiger partial charge in [0.25, 0.3) is 5.91 Å². The molecular formula is C19H23F4N5O3. The summed E-state index contributed by atoms with van der Waals surface area (Å²) in [6.45, 7) is 6.55. The summed E-state index contributed by atoms with van der Waals surface area (Å²) in [6.07, 6.45) is -3.01. The predicted octanol–water partition coefficient (Wildman–Crippen LogP) is 2.47. The number of carbonyl (C=O) groups excluding carboxylic acids is 1. The fourth-order valence-corrected chi connectivity index (χ4v) is 2.95. The van der Waals surface area contributed by atoms with E-state index in [0.29, 0.717) is 23.6 Å². The molecule has 1 saturated heterocycles. The third-order valence-electron chi connectivity index (χ3n) is 4.91. The number of nitrogens with one attached hydrogen (secondary N) is 2. The second kappa shape index (κ2) is 9.86. The number of halogens is 4. The Bertz CT molecular complexity index is 906. The van der Waals surface area contributed by atoms with Gasteiger partial charge in [-0.15, -0.1) is 5.10 Å². The van der Waals surface area contributed by atoms with E-state index in [1.54, 1.807) is 23.7 Å². The van der Waals surface area contributed by atoms with Crippen LogP contribution in [0.5, 0.6) is 0 Å². The highest BCUT2D eigenvalue weighted by Gasteiger charge is 2.38. The van der Waals surface area contributed by atoms with E-state index in [-0.39, 0.29) is 17.1 Å². The van der Waals surface area contributed by atoms with E-state index in [1.807, 2.05) is 0 Å². The number of carboxylic acid groups (broad SMARTS) is 1. The summed E-state index contributed by atoms with van der Waals surface area (Å²) >= 11 is 0. The molecule has 0 spiro atoms. The molecule has 1 aromatic carbocycles. The summed E-state index contributed by atoms with van der Waals surface area (Å²) in [5, 5.41) is 21.5. The highest BCUT2D eigenvalue weighted by Crippen LogP contribution is 2.26. The van der Waals surface area contributed by atoms with Crippen molar-refractivity contribution in [1.29, 1.82) is 0 Å². The maximum Gasteiger partial charge on any atom is 0.490 e. The van der Waals surface area contributed by atoms with Crippen molar-refractivity contribution in [2.24, 2.45) is 5.41 Å². The molecule has 3 rings (SSSR count).